The van der Waals surface area contributed by atoms with Gasteiger partial charge >= 0.3 is 0 Å². The first-order chi connectivity index (χ1) is 8.09. The first-order valence-electron chi connectivity index (χ1n) is 5.90. The van der Waals surface area contributed by atoms with Crippen molar-refractivity contribution in [2.24, 2.45) is 0 Å². The number of carbonyl (C=O) groups excluding carboxylic acids is 1. The van der Waals surface area contributed by atoms with Crippen LogP contribution >= 0.6 is 0 Å². The van der Waals surface area contributed by atoms with Crippen LogP contribution in [0.5, 0.6) is 0 Å². The third kappa shape index (κ3) is 2.33. The summed E-state index contributed by atoms with van der Waals surface area (Å²) < 4.78 is 0. The van der Waals surface area contributed by atoms with Crippen LogP contribution in [-0.2, 0) is 11.2 Å². The molecular formula is C14H18N2O. The summed E-state index contributed by atoms with van der Waals surface area (Å²) in [5, 5.41) is 1.14. The minimum absolute atomic E-state index is 0.157. The molecule has 1 aromatic carbocycles. The van der Waals surface area contributed by atoms with Gasteiger partial charge in [-0.15, -0.1) is 0 Å². The van der Waals surface area contributed by atoms with E-state index in [1.165, 1.54) is 0 Å². The number of aromatic nitrogens is 1. The highest BCUT2D eigenvalue weighted by atomic mass is 16.2. The molecule has 0 fully saturated rings. The van der Waals surface area contributed by atoms with E-state index in [4.69, 9.17) is 0 Å². The molecule has 3 heteroatoms. The zero-order valence-electron chi connectivity index (χ0n) is 10.5. The van der Waals surface area contributed by atoms with Gasteiger partial charge in [-0.05, 0) is 25.5 Å². The van der Waals surface area contributed by atoms with Crippen molar-refractivity contribution in [2.75, 3.05) is 7.05 Å². The van der Waals surface area contributed by atoms with Crippen LogP contribution in [0.2, 0.25) is 0 Å². The number of aromatic amines is 1. The molecule has 0 atom stereocenters. The Labute approximate surface area is 101 Å². The molecule has 0 bridgehead atoms. The molecule has 17 heavy (non-hydrogen) atoms. The summed E-state index contributed by atoms with van der Waals surface area (Å²) in [6, 6.07) is 8.30. The van der Waals surface area contributed by atoms with Crippen LogP contribution in [0.3, 0.4) is 0 Å². The van der Waals surface area contributed by atoms with Crippen molar-refractivity contribution in [1.82, 2.24) is 9.88 Å². The molecule has 0 aliphatic heterocycles. The molecule has 2 rings (SSSR count). The fourth-order valence-corrected chi connectivity index (χ4v) is 1.85. The number of carbonyl (C=O) groups is 1. The molecular weight excluding hydrogens is 212 g/mol. The average molecular weight is 230 g/mol. The van der Waals surface area contributed by atoms with E-state index in [2.05, 4.69) is 4.98 Å². The summed E-state index contributed by atoms with van der Waals surface area (Å²) in [5.41, 5.74) is 2.15. The van der Waals surface area contributed by atoms with Gasteiger partial charge in [-0.25, -0.2) is 0 Å². The second-order valence-electron chi connectivity index (χ2n) is 4.63. The predicted octanol–water partition coefficient (Wildman–Crippen LogP) is 2.58. The number of hydrogen-bond donors (Lipinski definition) is 1. The number of benzene rings is 1. The maximum absolute atomic E-state index is 12.0. The van der Waals surface area contributed by atoms with Crippen molar-refractivity contribution in [1.29, 1.82) is 0 Å². The van der Waals surface area contributed by atoms with E-state index < -0.39 is 0 Å². The van der Waals surface area contributed by atoms with Gasteiger partial charge in [0.1, 0.15) is 0 Å². The van der Waals surface area contributed by atoms with Gasteiger partial charge < -0.3 is 9.88 Å². The summed E-state index contributed by atoms with van der Waals surface area (Å²) in [7, 11) is 1.85. The summed E-state index contributed by atoms with van der Waals surface area (Å²) in [6.07, 6.45) is 2.38. The van der Waals surface area contributed by atoms with E-state index >= 15 is 0 Å². The molecule has 1 N–H and O–H groups in total. The van der Waals surface area contributed by atoms with E-state index in [9.17, 15) is 4.79 Å². The lowest BCUT2D eigenvalue weighted by atomic mass is 10.1. The lowest BCUT2D eigenvalue weighted by Crippen LogP contribution is -2.34. The SMILES string of the molecule is CC(C)N(C)C(=O)Cc1c[nH]c2ccccc12. The van der Waals surface area contributed by atoms with Gasteiger partial charge in [0.05, 0.1) is 6.42 Å². The predicted molar refractivity (Wildman–Crippen MR) is 69.9 cm³/mol. The van der Waals surface area contributed by atoms with Gasteiger partial charge in [-0.3, -0.25) is 4.79 Å². The fraction of sp³-hybridized carbons (Fsp3) is 0.357. The van der Waals surface area contributed by atoms with Gasteiger partial charge in [0, 0.05) is 30.2 Å². The Morgan fingerprint density at radius 3 is 2.76 bits per heavy atom. The zero-order valence-corrected chi connectivity index (χ0v) is 10.5. The number of likely N-dealkylation sites (N-methyl/N-ethyl adjacent to an activating group) is 1. The summed E-state index contributed by atoms with van der Waals surface area (Å²) >= 11 is 0. The Hall–Kier alpha value is -1.77. The molecule has 0 aliphatic rings. The van der Waals surface area contributed by atoms with Crippen molar-refractivity contribution in [3.05, 3.63) is 36.0 Å². The van der Waals surface area contributed by atoms with Gasteiger partial charge in [-0.1, -0.05) is 18.2 Å². The molecule has 1 amide bonds. The molecule has 0 spiro atoms. The fourth-order valence-electron chi connectivity index (χ4n) is 1.85. The second kappa shape index (κ2) is 4.62. The number of hydrogen-bond acceptors (Lipinski definition) is 1. The number of amides is 1. The van der Waals surface area contributed by atoms with Crippen LogP contribution in [0.4, 0.5) is 0 Å². The van der Waals surface area contributed by atoms with E-state index in [0.29, 0.717) is 6.42 Å². The molecule has 0 aliphatic carbocycles. The minimum Gasteiger partial charge on any atom is -0.361 e. The largest absolute Gasteiger partial charge is 0.361 e. The Balaban J connectivity index is 2.22. The lowest BCUT2D eigenvalue weighted by molar-refractivity contribution is -0.130. The number of nitrogens with one attached hydrogen (secondary N) is 1. The maximum Gasteiger partial charge on any atom is 0.227 e. The van der Waals surface area contributed by atoms with Crippen LogP contribution in [-0.4, -0.2) is 28.9 Å². The number of nitrogens with zero attached hydrogens (tertiary/aromatic N) is 1. The average Bonchev–Trinajstić information content (AvgIpc) is 2.71. The Kier molecular flexibility index (Phi) is 3.18. The van der Waals surface area contributed by atoms with E-state index in [-0.39, 0.29) is 11.9 Å². The van der Waals surface area contributed by atoms with E-state index in [1.54, 1.807) is 4.90 Å². The maximum atomic E-state index is 12.0. The van der Waals surface area contributed by atoms with E-state index in [1.807, 2.05) is 51.4 Å². The topological polar surface area (TPSA) is 36.1 Å². The molecule has 1 aromatic heterocycles. The number of fused-ring (bicyclic) bond motifs is 1. The minimum atomic E-state index is 0.157. The van der Waals surface area contributed by atoms with Crippen molar-refractivity contribution in [2.45, 2.75) is 26.3 Å². The molecule has 0 radical (unpaired) electrons. The van der Waals surface area contributed by atoms with Crippen molar-refractivity contribution >= 4 is 16.8 Å². The third-order valence-electron chi connectivity index (χ3n) is 3.18. The third-order valence-corrected chi connectivity index (χ3v) is 3.18. The quantitative estimate of drug-likeness (QED) is 0.864. The van der Waals surface area contributed by atoms with Gasteiger partial charge in [-0.2, -0.15) is 0 Å². The number of H-pyrrole nitrogens is 1. The number of para-hydroxylation sites is 1. The van der Waals surface area contributed by atoms with Gasteiger partial charge in [0.2, 0.25) is 5.91 Å². The standard InChI is InChI=1S/C14H18N2O/c1-10(2)16(3)14(17)8-11-9-15-13-7-5-4-6-12(11)13/h4-7,9-10,15H,8H2,1-3H3. The Bertz CT molecular complexity index is 528. The smallest absolute Gasteiger partial charge is 0.227 e. The molecule has 0 unspecified atom stereocenters. The van der Waals surface area contributed by atoms with Crippen molar-refractivity contribution in [3.63, 3.8) is 0 Å². The molecule has 1 heterocycles. The van der Waals surface area contributed by atoms with Crippen LogP contribution in [0.25, 0.3) is 10.9 Å². The summed E-state index contributed by atoms with van der Waals surface area (Å²) in [6.45, 7) is 4.04. The molecule has 2 aromatic rings. The van der Waals surface area contributed by atoms with Crippen LogP contribution < -0.4 is 0 Å². The molecule has 90 valence electrons. The van der Waals surface area contributed by atoms with Gasteiger partial charge in [0.15, 0.2) is 0 Å². The summed E-state index contributed by atoms with van der Waals surface area (Å²) in [4.78, 5) is 17.0. The highest BCUT2D eigenvalue weighted by Crippen LogP contribution is 2.18. The van der Waals surface area contributed by atoms with E-state index in [0.717, 1.165) is 16.5 Å². The van der Waals surface area contributed by atoms with Gasteiger partial charge in [0.25, 0.3) is 0 Å². The molecule has 3 nitrogen and oxygen atoms in total. The number of rotatable bonds is 3. The highest BCUT2D eigenvalue weighted by Gasteiger charge is 2.14. The highest BCUT2D eigenvalue weighted by molar-refractivity contribution is 5.88. The van der Waals surface area contributed by atoms with Crippen molar-refractivity contribution < 1.29 is 4.79 Å². The summed E-state index contributed by atoms with van der Waals surface area (Å²) in [5.74, 6) is 0.157. The van der Waals surface area contributed by atoms with Crippen LogP contribution in [0.15, 0.2) is 30.5 Å². The zero-order chi connectivity index (χ0) is 12.4. The molecule has 0 saturated heterocycles. The first-order valence-corrected chi connectivity index (χ1v) is 5.90. The Morgan fingerprint density at radius 2 is 2.06 bits per heavy atom. The lowest BCUT2D eigenvalue weighted by Gasteiger charge is -2.21. The monoisotopic (exact) mass is 230 g/mol. The normalized spacial score (nSPS) is 11.1. The Morgan fingerprint density at radius 1 is 1.35 bits per heavy atom. The van der Waals surface area contributed by atoms with Crippen molar-refractivity contribution in [3.8, 4) is 0 Å². The van der Waals surface area contributed by atoms with Crippen LogP contribution in [0, 0.1) is 0 Å². The second-order valence-corrected chi connectivity index (χ2v) is 4.63. The van der Waals surface area contributed by atoms with Crippen LogP contribution in [0.1, 0.15) is 19.4 Å². The molecule has 0 saturated carbocycles. The first kappa shape index (κ1) is 11.7.